The van der Waals surface area contributed by atoms with E-state index in [1.54, 1.807) is 6.20 Å². The normalized spacial score (nSPS) is 22.5. The summed E-state index contributed by atoms with van der Waals surface area (Å²) in [5.74, 6) is 1.86. The molecule has 2 aliphatic rings. The molecule has 2 saturated heterocycles. The third-order valence-corrected chi connectivity index (χ3v) is 4.54. The van der Waals surface area contributed by atoms with Crippen LogP contribution in [-0.2, 0) is 4.74 Å². The van der Waals surface area contributed by atoms with Gasteiger partial charge in [-0.3, -0.25) is 4.98 Å². The van der Waals surface area contributed by atoms with Gasteiger partial charge in [-0.1, -0.05) is 0 Å². The van der Waals surface area contributed by atoms with Gasteiger partial charge in [0.05, 0.1) is 24.6 Å². The number of ether oxygens (including phenoxy) is 1. The van der Waals surface area contributed by atoms with Crippen molar-refractivity contribution in [2.24, 2.45) is 0 Å². The summed E-state index contributed by atoms with van der Waals surface area (Å²) in [6, 6.07) is 0. The summed E-state index contributed by atoms with van der Waals surface area (Å²) < 4.78 is 6.16. The van der Waals surface area contributed by atoms with Crippen LogP contribution < -0.4 is 9.80 Å². The van der Waals surface area contributed by atoms with E-state index in [0.717, 1.165) is 57.3 Å². The van der Waals surface area contributed by atoms with Crippen molar-refractivity contribution in [1.29, 1.82) is 0 Å². The first-order valence-electron chi connectivity index (χ1n) is 7.65. The zero-order valence-corrected chi connectivity index (χ0v) is 13.2. The first kappa shape index (κ1) is 14.5. The Hall–Kier alpha value is -1.40. The fourth-order valence-electron chi connectivity index (χ4n) is 3.08. The smallest absolute Gasteiger partial charge is 0.149 e. The monoisotopic (exact) mass is 291 g/mol. The molecule has 6 heteroatoms. The highest BCUT2D eigenvalue weighted by Crippen LogP contribution is 2.31. The first-order chi connectivity index (χ1) is 10.1. The van der Waals surface area contributed by atoms with Gasteiger partial charge in [0.15, 0.2) is 0 Å². The molecular weight excluding hydrogens is 266 g/mol. The van der Waals surface area contributed by atoms with Crippen LogP contribution in [0.2, 0.25) is 0 Å². The molecule has 3 heterocycles. The highest BCUT2D eigenvalue weighted by Gasteiger charge is 2.39. The van der Waals surface area contributed by atoms with Crippen LogP contribution in [0.4, 0.5) is 11.6 Å². The largest absolute Gasteiger partial charge is 0.371 e. The lowest BCUT2D eigenvalue weighted by Crippen LogP contribution is -2.56. The van der Waals surface area contributed by atoms with Gasteiger partial charge in [-0.15, -0.1) is 0 Å². The van der Waals surface area contributed by atoms with Crippen molar-refractivity contribution in [2.75, 3.05) is 63.7 Å². The summed E-state index contributed by atoms with van der Waals surface area (Å²) in [5.41, 5.74) is 0.000557. The maximum Gasteiger partial charge on any atom is 0.149 e. The molecule has 3 rings (SSSR count). The summed E-state index contributed by atoms with van der Waals surface area (Å²) >= 11 is 0. The number of hydrogen-bond acceptors (Lipinski definition) is 6. The minimum absolute atomic E-state index is 0.000557. The van der Waals surface area contributed by atoms with Crippen molar-refractivity contribution in [2.45, 2.75) is 18.4 Å². The Kier molecular flexibility index (Phi) is 3.99. The Morgan fingerprint density at radius 1 is 1.19 bits per heavy atom. The summed E-state index contributed by atoms with van der Waals surface area (Å²) in [5, 5.41) is 0. The lowest BCUT2D eigenvalue weighted by Gasteiger charge is -2.47. The number of rotatable bonds is 2. The van der Waals surface area contributed by atoms with Crippen LogP contribution in [0.1, 0.15) is 12.8 Å². The molecule has 0 aliphatic carbocycles. The zero-order valence-electron chi connectivity index (χ0n) is 13.2. The minimum atomic E-state index is 0.000557. The first-order valence-corrected chi connectivity index (χ1v) is 7.65. The van der Waals surface area contributed by atoms with Crippen molar-refractivity contribution in [1.82, 2.24) is 14.9 Å². The predicted octanol–water partition coefficient (Wildman–Crippen LogP) is 0.844. The lowest BCUT2D eigenvalue weighted by molar-refractivity contribution is -0.0884. The quantitative estimate of drug-likeness (QED) is 0.805. The van der Waals surface area contributed by atoms with Gasteiger partial charge in [-0.2, -0.15) is 0 Å². The molecule has 2 fully saturated rings. The van der Waals surface area contributed by atoms with Gasteiger partial charge in [-0.05, 0) is 19.9 Å². The van der Waals surface area contributed by atoms with Gasteiger partial charge >= 0.3 is 0 Å². The number of piperidine rings is 1. The van der Waals surface area contributed by atoms with E-state index in [2.05, 4.69) is 21.8 Å². The third-order valence-electron chi connectivity index (χ3n) is 4.54. The molecular formula is C15H25N5O. The van der Waals surface area contributed by atoms with Crippen molar-refractivity contribution in [3.8, 4) is 0 Å². The average molecular weight is 291 g/mol. The molecule has 0 atom stereocenters. The molecule has 0 radical (unpaired) electrons. The number of aromatic nitrogens is 2. The zero-order chi connectivity index (χ0) is 14.9. The number of anilines is 2. The van der Waals surface area contributed by atoms with E-state index in [1.165, 1.54) is 0 Å². The van der Waals surface area contributed by atoms with Crippen LogP contribution in [0.25, 0.3) is 0 Å². The van der Waals surface area contributed by atoms with Crippen molar-refractivity contribution >= 4 is 11.6 Å². The standard InChI is InChI=1S/C15H25N5O/c1-18(2)13-10-16-11-14(17-13)20-8-9-21-15(12-20)4-6-19(3)7-5-15/h10-11H,4-9,12H2,1-3H3. The Morgan fingerprint density at radius 2 is 1.95 bits per heavy atom. The molecule has 0 aromatic carbocycles. The Morgan fingerprint density at radius 3 is 2.67 bits per heavy atom. The molecule has 0 unspecified atom stereocenters. The Balaban J connectivity index is 1.75. The van der Waals surface area contributed by atoms with E-state index in [0.29, 0.717) is 0 Å². The minimum Gasteiger partial charge on any atom is -0.371 e. The second-order valence-corrected chi connectivity index (χ2v) is 6.39. The van der Waals surface area contributed by atoms with Crippen LogP contribution >= 0.6 is 0 Å². The maximum absolute atomic E-state index is 6.16. The second kappa shape index (κ2) is 5.77. The fraction of sp³-hybridized carbons (Fsp3) is 0.733. The van der Waals surface area contributed by atoms with Crippen LogP contribution in [0, 0.1) is 0 Å². The maximum atomic E-state index is 6.16. The Labute approximate surface area is 126 Å². The van der Waals surface area contributed by atoms with Crippen molar-refractivity contribution in [3.63, 3.8) is 0 Å². The lowest BCUT2D eigenvalue weighted by atomic mass is 9.89. The van der Waals surface area contributed by atoms with Gasteiger partial charge in [0.2, 0.25) is 0 Å². The molecule has 1 aromatic rings. The predicted molar refractivity (Wildman–Crippen MR) is 84.0 cm³/mol. The number of nitrogens with zero attached hydrogens (tertiary/aromatic N) is 5. The van der Waals surface area contributed by atoms with Crippen molar-refractivity contribution < 1.29 is 4.74 Å². The van der Waals surface area contributed by atoms with Crippen LogP contribution in [0.3, 0.4) is 0 Å². The summed E-state index contributed by atoms with van der Waals surface area (Å²) in [7, 11) is 6.16. The number of morpholine rings is 1. The second-order valence-electron chi connectivity index (χ2n) is 6.39. The van der Waals surface area contributed by atoms with Crippen LogP contribution in [0.15, 0.2) is 12.4 Å². The molecule has 2 aliphatic heterocycles. The van der Waals surface area contributed by atoms with Gasteiger partial charge in [0.25, 0.3) is 0 Å². The summed E-state index contributed by atoms with van der Waals surface area (Å²) in [6.07, 6.45) is 5.86. The summed E-state index contributed by atoms with van der Waals surface area (Å²) in [4.78, 5) is 15.7. The molecule has 0 N–H and O–H groups in total. The van der Waals surface area contributed by atoms with Gasteiger partial charge in [-0.25, -0.2) is 4.98 Å². The molecule has 0 saturated carbocycles. The topological polar surface area (TPSA) is 44.7 Å². The van der Waals surface area contributed by atoms with E-state index in [-0.39, 0.29) is 5.60 Å². The van der Waals surface area contributed by atoms with Crippen LogP contribution in [-0.4, -0.2) is 74.4 Å². The van der Waals surface area contributed by atoms with Gasteiger partial charge in [0.1, 0.15) is 11.6 Å². The number of likely N-dealkylation sites (tertiary alicyclic amines) is 1. The Bertz CT molecular complexity index is 485. The van der Waals surface area contributed by atoms with E-state index in [1.807, 2.05) is 25.2 Å². The number of hydrogen-bond donors (Lipinski definition) is 0. The third kappa shape index (κ3) is 3.11. The molecule has 0 amide bonds. The van der Waals surface area contributed by atoms with Gasteiger partial charge < -0.3 is 19.4 Å². The molecule has 1 aromatic heterocycles. The van der Waals surface area contributed by atoms with Crippen molar-refractivity contribution in [3.05, 3.63) is 12.4 Å². The van der Waals surface area contributed by atoms with E-state index < -0.39 is 0 Å². The average Bonchev–Trinajstić information content (AvgIpc) is 2.51. The molecule has 0 bridgehead atoms. The molecule has 116 valence electrons. The van der Waals surface area contributed by atoms with E-state index >= 15 is 0 Å². The summed E-state index contributed by atoms with van der Waals surface area (Å²) in [6.45, 7) is 4.81. The highest BCUT2D eigenvalue weighted by atomic mass is 16.5. The SMILES string of the molecule is CN1CCC2(CC1)CN(c1cncc(N(C)C)n1)CCO2. The fourth-order valence-corrected chi connectivity index (χ4v) is 3.08. The van der Waals surface area contributed by atoms with Crippen LogP contribution in [0.5, 0.6) is 0 Å². The van der Waals surface area contributed by atoms with E-state index in [9.17, 15) is 0 Å². The molecule has 21 heavy (non-hydrogen) atoms. The van der Waals surface area contributed by atoms with Gasteiger partial charge in [0, 0.05) is 40.3 Å². The highest BCUT2D eigenvalue weighted by molar-refractivity contribution is 5.45. The molecule has 6 nitrogen and oxygen atoms in total. The van der Waals surface area contributed by atoms with E-state index in [4.69, 9.17) is 9.72 Å². The molecule has 1 spiro atoms.